The van der Waals surface area contributed by atoms with Gasteiger partial charge >= 0.3 is 0 Å². The van der Waals surface area contributed by atoms with Crippen LogP contribution in [0.25, 0.3) is 0 Å². The van der Waals surface area contributed by atoms with Crippen LogP contribution in [0.2, 0.25) is 0 Å². The zero-order valence-corrected chi connectivity index (χ0v) is 13.3. The second-order valence-corrected chi connectivity index (χ2v) is 6.07. The number of nitrogens with zero attached hydrogens (tertiary/aromatic N) is 1. The van der Waals surface area contributed by atoms with Crippen LogP contribution in [-0.4, -0.2) is 30.9 Å². The fourth-order valence-corrected chi connectivity index (χ4v) is 3.05. The minimum Gasteiger partial charge on any atom is -0.490 e. The maximum atomic E-state index is 10.2. The molecule has 0 aromatic heterocycles. The van der Waals surface area contributed by atoms with Crippen molar-refractivity contribution >= 4 is 21.6 Å². The van der Waals surface area contributed by atoms with E-state index in [1.807, 2.05) is 30.3 Å². The van der Waals surface area contributed by atoms with E-state index in [-0.39, 0.29) is 0 Å². The molecule has 0 saturated carbocycles. The summed E-state index contributed by atoms with van der Waals surface area (Å²) in [6.07, 6.45) is 0.539. The molecule has 1 unspecified atom stereocenters. The van der Waals surface area contributed by atoms with Crippen molar-refractivity contribution < 1.29 is 9.84 Å². The zero-order valence-electron chi connectivity index (χ0n) is 11.7. The highest BCUT2D eigenvalue weighted by Crippen LogP contribution is 2.28. The van der Waals surface area contributed by atoms with E-state index in [0.717, 1.165) is 23.2 Å². The van der Waals surface area contributed by atoms with Crippen LogP contribution >= 0.6 is 15.9 Å². The summed E-state index contributed by atoms with van der Waals surface area (Å²) in [6, 6.07) is 16.1. The van der Waals surface area contributed by atoms with E-state index in [4.69, 9.17) is 4.74 Å². The molecule has 0 amide bonds. The fourth-order valence-electron chi connectivity index (χ4n) is 2.65. The molecule has 21 heavy (non-hydrogen) atoms. The Labute approximate surface area is 133 Å². The van der Waals surface area contributed by atoms with Crippen molar-refractivity contribution in [1.82, 2.24) is 0 Å². The summed E-state index contributed by atoms with van der Waals surface area (Å²) in [5, 5.41) is 10.2. The number of hydrogen-bond donors (Lipinski definition) is 1. The molecule has 1 heterocycles. The van der Waals surface area contributed by atoms with Crippen LogP contribution in [0.1, 0.15) is 5.56 Å². The number of fused-ring (bicyclic) bond motifs is 1. The summed E-state index contributed by atoms with van der Waals surface area (Å²) in [4.78, 5) is 2.23. The molecule has 4 heteroatoms. The van der Waals surface area contributed by atoms with Crippen LogP contribution in [0, 0.1) is 0 Å². The maximum Gasteiger partial charge on any atom is 0.133 e. The molecule has 0 radical (unpaired) electrons. The van der Waals surface area contributed by atoms with Crippen LogP contribution in [0.4, 0.5) is 5.69 Å². The molecule has 0 aliphatic carbocycles. The van der Waals surface area contributed by atoms with Crippen molar-refractivity contribution in [2.24, 2.45) is 0 Å². The Morgan fingerprint density at radius 1 is 1.14 bits per heavy atom. The van der Waals surface area contributed by atoms with Gasteiger partial charge in [-0.05, 0) is 46.1 Å². The van der Waals surface area contributed by atoms with E-state index in [1.54, 1.807) is 0 Å². The number of para-hydroxylation sites is 2. The standard InChI is InChI=1S/C17H18BrNO2/c18-15-6-2-4-8-17(15)21-12-14(20)11-19-10-9-13-5-1-3-7-16(13)19/h1-8,14,20H,9-12H2. The molecule has 1 aliphatic heterocycles. The Hall–Kier alpha value is -1.52. The van der Waals surface area contributed by atoms with E-state index in [2.05, 4.69) is 39.0 Å². The van der Waals surface area contributed by atoms with Gasteiger partial charge in [-0.3, -0.25) is 0 Å². The molecule has 1 atom stereocenters. The number of rotatable bonds is 5. The molecule has 2 aromatic rings. The van der Waals surface area contributed by atoms with Gasteiger partial charge in [0, 0.05) is 18.8 Å². The van der Waals surface area contributed by atoms with Gasteiger partial charge in [-0.1, -0.05) is 30.3 Å². The third-order valence-corrected chi connectivity index (χ3v) is 4.34. The minimum absolute atomic E-state index is 0.293. The lowest BCUT2D eigenvalue weighted by Crippen LogP contribution is -2.34. The number of aliphatic hydroxyl groups is 1. The first-order chi connectivity index (χ1) is 10.2. The van der Waals surface area contributed by atoms with Crippen molar-refractivity contribution in [3.8, 4) is 5.75 Å². The first-order valence-corrected chi connectivity index (χ1v) is 7.91. The first-order valence-electron chi connectivity index (χ1n) is 7.12. The van der Waals surface area contributed by atoms with Crippen molar-refractivity contribution in [1.29, 1.82) is 0 Å². The van der Waals surface area contributed by atoms with E-state index in [0.29, 0.717) is 13.2 Å². The van der Waals surface area contributed by atoms with Gasteiger partial charge in [-0.15, -0.1) is 0 Å². The summed E-state index contributed by atoms with van der Waals surface area (Å²) in [5.41, 5.74) is 2.59. The van der Waals surface area contributed by atoms with Gasteiger partial charge in [0.15, 0.2) is 0 Å². The molecule has 1 N–H and O–H groups in total. The average molecular weight is 348 g/mol. The summed E-state index contributed by atoms with van der Waals surface area (Å²) in [7, 11) is 0. The molecule has 1 aliphatic rings. The summed E-state index contributed by atoms with van der Waals surface area (Å²) < 4.78 is 6.58. The van der Waals surface area contributed by atoms with Crippen LogP contribution < -0.4 is 9.64 Å². The monoisotopic (exact) mass is 347 g/mol. The van der Waals surface area contributed by atoms with Crippen LogP contribution in [0.15, 0.2) is 53.0 Å². The van der Waals surface area contributed by atoms with E-state index >= 15 is 0 Å². The average Bonchev–Trinajstić information content (AvgIpc) is 2.90. The first kappa shape index (κ1) is 14.4. The van der Waals surface area contributed by atoms with Gasteiger partial charge < -0.3 is 14.7 Å². The maximum absolute atomic E-state index is 10.2. The molecule has 2 aromatic carbocycles. The lowest BCUT2D eigenvalue weighted by Gasteiger charge is -2.23. The molecule has 0 saturated heterocycles. The predicted molar refractivity (Wildman–Crippen MR) is 88.0 cm³/mol. The Bertz CT molecular complexity index is 617. The second kappa shape index (κ2) is 6.50. The molecule has 0 fully saturated rings. The topological polar surface area (TPSA) is 32.7 Å². The highest BCUT2D eigenvalue weighted by molar-refractivity contribution is 9.10. The molecule has 110 valence electrons. The fraction of sp³-hybridized carbons (Fsp3) is 0.294. The van der Waals surface area contributed by atoms with Crippen molar-refractivity contribution in [3.05, 3.63) is 58.6 Å². The van der Waals surface area contributed by atoms with E-state index in [1.165, 1.54) is 11.3 Å². The number of benzene rings is 2. The highest BCUT2D eigenvalue weighted by atomic mass is 79.9. The Morgan fingerprint density at radius 3 is 2.76 bits per heavy atom. The summed E-state index contributed by atoms with van der Waals surface area (Å²) >= 11 is 3.44. The van der Waals surface area contributed by atoms with Gasteiger partial charge in [0.1, 0.15) is 18.5 Å². The van der Waals surface area contributed by atoms with Gasteiger partial charge in [0.25, 0.3) is 0 Å². The Balaban J connectivity index is 1.56. The smallest absolute Gasteiger partial charge is 0.133 e. The summed E-state index contributed by atoms with van der Waals surface area (Å²) in [6.45, 7) is 1.86. The Morgan fingerprint density at radius 2 is 1.90 bits per heavy atom. The number of β-amino-alcohol motifs (C(OH)–C–C–N with tert-alkyl or cyclic N) is 1. The van der Waals surface area contributed by atoms with Crippen molar-refractivity contribution in [2.45, 2.75) is 12.5 Å². The van der Waals surface area contributed by atoms with Gasteiger partial charge in [0.2, 0.25) is 0 Å². The molecule has 0 spiro atoms. The van der Waals surface area contributed by atoms with Crippen LogP contribution in [0.5, 0.6) is 5.75 Å². The number of anilines is 1. The van der Waals surface area contributed by atoms with Gasteiger partial charge in [0.05, 0.1) is 4.47 Å². The quantitative estimate of drug-likeness (QED) is 0.900. The molecular weight excluding hydrogens is 330 g/mol. The Kier molecular flexibility index (Phi) is 4.46. The number of hydrogen-bond acceptors (Lipinski definition) is 3. The molecule has 3 rings (SSSR count). The third kappa shape index (κ3) is 3.39. The van der Waals surface area contributed by atoms with Crippen molar-refractivity contribution in [3.63, 3.8) is 0 Å². The normalized spacial score (nSPS) is 14.9. The minimum atomic E-state index is -0.511. The molecular formula is C17H18BrNO2. The lowest BCUT2D eigenvalue weighted by molar-refractivity contribution is 0.112. The zero-order chi connectivity index (χ0) is 14.7. The highest BCUT2D eigenvalue weighted by Gasteiger charge is 2.21. The third-order valence-electron chi connectivity index (χ3n) is 3.68. The largest absolute Gasteiger partial charge is 0.490 e. The molecule has 0 bridgehead atoms. The van der Waals surface area contributed by atoms with E-state index < -0.39 is 6.10 Å². The number of aliphatic hydroxyl groups excluding tert-OH is 1. The molecule has 3 nitrogen and oxygen atoms in total. The van der Waals surface area contributed by atoms with Gasteiger partial charge in [-0.25, -0.2) is 0 Å². The van der Waals surface area contributed by atoms with Crippen LogP contribution in [-0.2, 0) is 6.42 Å². The lowest BCUT2D eigenvalue weighted by atomic mass is 10.2. The van der Waals surface area contributed by atoms with Crippen molar-refractivity contribution in [2.75, 3.05) is 24.6 Å². The van der Waals surface area contributed by atoms with E-state index in [9.17, 15) is 5.11 Å². The summed E-state index contributed by atoms with van der Waals surface area (Å²) in [5.74, 6) is 0.762. The van der Waals surface area contributed by atoms with Gasteiger partial charge in [-0.2, -0.15) is 0 Å². The van der Waals surface area contributed by atoms with Crippen LogP contribution in [0.3, 0.4) is 0 Å². The number of ether oxygens (including phenoxy) is 1. The SMILES string of the molecule is OC(COc1ccccc1Br)CN1CCc2ccccc21. The number of halogens is 1. The predicted octanol–water partition coefficient (Wildman–Crippen LogP) is 3.25. The second-order valence-electron chi connectivity index (χ2n) is 5.22.